The van der Waals surface area contributed by atoms with Crippen molar-refractivity contribution in [2.24, 2.45) is 0 Å². The number of carbonyl (C=O) groups excluding carboxylic acids is 1. The highest BCUT2D eigenvalue weighted by molar-refractivity contribution is 5.92. The van der Waals surface area contributed by atoms with Gasteiger partial charge in [0.05, 0.1) is 17.1 Å². The number of allylic oxidation sites excluding steroid dienone is 2. The van der Waals surface area contributed by atoms with Crippen molar-refractivity contribution in [3.8, 4) is 11.5 Å². The number of hydrogen-bond acceptors (Lipinski definition) is 5. The lowest BCUT2D eigenvalue weighted by Crippen LogP contribution is -2.38. The molecule has 1 saturated heterocycles. The van der Waals surface area contributed by atoms with Crippen LogP contribution in [-0.4, -0.2) is 27.1 Å². The van der Waals surface area contributed by atoms with Crippen LogP contribution in [0.1, 0.15) is 28.7 Å². The second kappa shape index (κ2) is 7.99. The Morgan fingerprint density at radius 2 is 1.65 bits per heavy atom. The largest absolute Gasteiger partial charge is 0.508 e. The second-order valence-electron chi connectivity index (χ2n) is 9.02. The summed E-state index contributed by atoms with van der Waals surface area (Å²) in [6.07, 6.45) is 2.66. The van der Waals surface area contributed by atoms with Crippen molar-refractivity contribution < 1.29 is 15.0 Å². The number of nitrogens with one attached hydrogen (secondary N) is 2. The Bertz CT molecular complexity index is 1340. The van der Waals surface area contributed by atoms with E-state index in [0.29, 0.717) is 19.3 Å². The molecule has 1 aliphatic carbocycles. The minimum atomic E-state index is -0.389. The van der Waals surface area contributed by atoms with Crippen molar-refractivity contribution in [2.45, 2.75) is 31.7 Å². The molecule has 6 rings (SSSR count). The number of benzene rings is 3. The molecule has 0 aromatic heterocycles. The van der Waals surface area contributed by atoms with E-state index in [1.165, 1.54) is 0 Å². The zero-order valence-electron chi connectivity index (χ0n) is 18.6. The molecule has 0 bridgehead atoms. The predicted molar refractivity (Wildman–Crippen MR) is 129 cm³/mol. The van der Waals surface area contributed by atoms with E-state index in [-0.39, 0.29) is 23.4 Å². The molecule has 2 aliphatic heterocycles. The average molecular weight is 452 g/mol. The van der Waals surface area contributed by atoms with Gasteiger partial charge in [-0.3, -0.25) is 9.69 Å². The van der Waals surface area contributed by atoms with Gasteiger partial charge in [-0.1, -0.05) is 42.5 Å². The zero-order valence-corrected chi connectivity index (χ0v) is 18.6. The molecule has 1 fully saturated rings. The fraction of sp³-hybridized carbons (Fsp3) is 0.179. The molecule has 0 saturated carbocycles. The molecule has 3 aromatic carbocycles. The Hall–Kier alpha value is -4.19. The molecular formula is C28H25N3O3. The third kappa shape index (κ3) is 3.48. The van der Waals surface area contributed by atoms with Gasteiger partial charge in [-0.2, -0.15) is 0 Å². The molecule has 6 nitrogen and oxygen atoms in total. The Balaban J connectivity index is 1.41. The number of fused-ring (bicyclic) bond motifs is 4. The highest BCUT2D eigenvalue weighted by atomic mass is 16.3. The molecular weight excluding hydrogens is 426 g/mol. The first-order valence-corrected chi connectivity index (χ1v) is 11.5. The number of amides is 1. The van der Waals surface area contributed by atoms with Gasteiger partial charge in [0, 0.05) is 18.4 Å². The Morgan fingerprint density at radius 3 is 2.44 bits per heavy atom. The number of carbonyl (C=O) groups is 1. The standard InChI is InChI=1S/C28H25N3O3/c32-20-9-6-18(7-10-20)15-24-28(34)31-25-13-8-19-16-21(33)11-12-22(19)26(25)29-23(27(31)30-24)14-17-4-2-1-3-5-17/h1-7,9-12,16,24,29-30,32-33H,8,13-15H2. The van der Waals surface area contributed by atoms with Crippen LogP contribution in [-0.2, 0) is 24.1 Å². The van der Waals surface area contributed by atoms with Crippen molar-refractivity contribution in [3.05, 3.63) is 112 Å². The van der Waals surface area contributed by atoms with Crippen LogP contribution >= 0.6 is 0 Å². The van der Waals surface area contributed by atoms with Crippen molar-refractivity contribution in [3.63, 3.8) is 0 Å². The zero-order chi connectivity index (χ0) is 23.2. The number of rotatable bonds is 4. The number of phenols is 2. The summed E-state index contributed by atoms with van der Waals surface area (Å²) in [6, 6.07) is 22.3. The van der Waals surface area contributed by atoms with Gasteiger partial charge in [0.2, 0.25) is 0 Å². The number of hydrogen-bond donors (Lipinski definition) is 4. The molecule has 4 N–H and O–H groups in total. The van der Waals surface area contributed by atoms with Crippen molar-refractivity contribution in [1.82, 2.24) is 15.5 Å². The first kappa shape index (κ1) is 20.4. The molecule has 1 unspecified atom stereocenters. The highest BCUT2D eigenvalue weighted by Gasteiger charge is 2.43. The first-order chi connectivity index (χ1) is 16.6. The number of aromatic hydroxyl groups is 2. The van der Waals surface area contributed by atoms with Crippen LogP contribution in [0.3, 0.4) is 0 Å². The molecule has 170 valence electrons. The SMILES string of the molecule is O=C1C(Cc2ccc(O)cc2)NC2=C(Cc3ccccc3)NC3=C(CCc4cc(O)ccc43)N12. The molecule has 34 heavy (non-hydrogen) atoms. The van der Waals surface area contributed by atoms with E-state index in [2.05, 4.69) is 22.8 Å². The van der Waals surface area contributed by atoms with Crippen LogP contribution < -0.4 is 10.6 Å². The van der Waals surface area contributed by atoms with Crippen molar-refractivity contribution >= 4 is 11.6 Å². The normalized spacial score (nSPS) is 18.8. The predicted octanol–water partition coefficient (Wildman–Crippen LogP) is 3.77. The lowest BCUT2D eigenvalue weighted by atomic mass is 9.90. The van der Waals surface area contributed by atoms with E-state index in [4.69, 9.17) is 0 Å². The number of nitrogens with zero attached hydrogens (tertiary/aromatic N) is 1. The maximum atomic E-state index is 13.7. The summed E-state index contributed by atoms with van der Waals surface area (Å²) < 4.78 is 0. The summed E-state index contributed by atoms with van der Waals surface area (Å²) in [7, 11) is 0. The average Bonchev–Trinajstić information content (AvgIpc) is 3.17. The van der Waals surface area contributed by atoms with Crippen LogP contribution in [0, 0.1) is 0 Å². The lowest BCUT2D eigenvalue weighted by molar-refractivity contribution is -0.126. The summed E-state index contributed by atoms with van der Waals surface area (Å²) in [5.74, 6) is 1.32. The summed E-state index contributed by atoms with van der Waals surface area (Å²) in [5, 5.41) is 26.7. The smallest absolute Gasteiger partial charge is 0.255 e. The van der Waals surface area contributed by atoms with Crippen molar-refractivity contribution in [2.75, 3.05) is 0 Å². The van der Waals surface area contributed by atoms with Crippen LogP contribution in [0.5, 0.6) is 11.5 Å². The van der Waals surface area contributed by atoms with Crippen LogP contribution in [0.4, 0.5) is 0 Å². The number of phenolic OH excluding ortho intramolecular Hbond substituents is 2. The van der Waals surface area contributed by atoms with E-state index in [1.807, 2.05) is 47.4 Å². The Kier molecular flexibility index (Phi) is 4.80. The summed E-state index contributed by atoms with van der Waals surface area (Å²) >= 11 is 0. The molecule has 0 radical (unpaired) electrons. The van der Waals surface area contributed by atoms with Crippen LogP contribution in [0.15, 0.2) is 90.0 Å². The lowest BCUT2D eigenvalue weighted by Gasteiger charge is -2.35. The maximum Gasteiger partial charge on any atom is 0.255 e. The fourth-order valence-electron chi connectivity index (χ4n) is 5.12. The number of aryl methyl sites for hydroxylation is 1. The van der Waals surface area contributed by atoms with E-state index >= 15 is 0 Å². The summed E-state index contributed by atoms with van der Waals surface area (Å²) in [5.41, 5.74) is 7.10. The van der Waals surface area contributed by atoms with Crippen LogP contribution in [0.25, 0.3) is 5.70 Å². The van der Waals surface area contributed by atoms with E-state index in [9.17, 15) is 15.0 Å². The van der Waals surface area contributed by atoms with E-state index in [1.54, 1.807) is 18.2 Å². The van der Waals surface area contributed by atoms with Crippen molar-refractivity contribution in [1.29, 1.82) is 0 Å². The molecule has 3 aliphatic rings. The third-order valence-electron chi connectivity index (χ3n) is 6.76. The minimum Gasteiger partial charge on any atom is -0.508 e. The Labute approximate surface area is 197 Å². The molecule has 3 aromatic rings. The highest BCUT2D eigenvalue weighted by Crippen LogP contribution is 2.40. The molecule has 6 heteroatoms. The Morgan fingerprint density at radius 1 is 0.882 bits per heavy atom. The molecule has 2 heterocycles. The van der Waals surface area contributed by atoms with Gasteiger partial charge in [-0.15, -0.1) is 0 Å². The fourth-order valence-corrected chi connectivity index (χ4v) is 5.12. The van der Waals surface area contributed by atoms with Crippen LogP contribution in [0.2, 0.25) is 0 Å². The summed E-state index contributed by atoms with van der Waals surface area (Å²) in [6.45, 7) is 0. The van der Waals surface area contributed by atoms with E-state index < -0.39 is 0 Å². The summed E-state index contributed by atoms with van der Waals surface area (Å²) in [4.78, 5) is 15.6. The quantitative estimate of drug-likeness (QED) is 0.485. The van der Waals surface area contributed by atoms with E-state index in [0.717, 1.165) is 51.6 Å². The van der Waals surface area contributed by atoms with Gasteiger partial charge in [0.25, 0.3) is 5.91 Å². The first-order valence-electron chi connectivity index (χ1n) is 11.5. The third-order valence-corrected chi connectivity index (χ3v) is 6.76. The topological polar surface area (TPSA) is 84.8 Å². The minimum absolute atomic E-state index is 0.0323. The van der Waals surface area contributed by atoms with Gasteiger partial charge >= 0.3 is 0 Å². The van der Waals surface area contributed by atoms with Gasteiger partial charge in [0.15, 0.2) is 0 Å². The van der Waals surface area contributed by atoms with Gasteiger partial charge in [-0.25, -0.2) is 0 Å². The van der Waals surface area contributed by atoms with Gasteiger partial charge in [0.1, 0.15) is 23.4 Å². The monoisotopic (exact) mass is 451 g/mol. The van der Waals surface area contributed by atoms with Gasteiger partial charge in [-0.05, 0) is 59.9 Å². The molecule has 0 spiro atoms. The molecule has 1 atom stereocenters. The molecule has 1 amide bonds. The maximum absolute atomic E-state index is 13.7. The second-order valence-corrected chi connectivity index (χ2v) is 9.02. The van der Waals surface area contributed by atoms with Gasteiger partial charge < -0.3 is 20.8 Å².